The number of benzene rings is 3. The van der Waals surface area contributed by atoms with E-state index in [9.17, 15) is 15.3 Å². The van der Waals surface area contributed by atoms with Crippen LogP contribution in [0.5, 0.6) is 34.5 Å². The number of allylic oxidation sites excluding steroid dienone is 1. The molecule has 3 N–H and O–H groups in total. The third-order valence-corrected chi connectivity index (χ3v) is 4.84. The van der Waals surface area contributed by atoms with Gasteiger partial charge in [0.2, 0.25) is 0 Å². The van der Waals surface area contributed by atoms with Crippen molar-refractivity contribution in [3.05, 3.63) is 60.7 Å². The standard InChI is InChI=1S/C24H23ClO6/c1-29-21-14-18(15-5-8-17(26)9-6-15)24(30-2)23(28)22(21)16-7-10-20(19(27)13-16)31-12-4-3-11-25/h3-10,13-14,26-28H,11-12H2,1-2H3/b4-3-. The lowest BCUT2D eigenvalue weighted by molar-refractivity contribution is 0.336. The van der Waals surface area contributed by atoms with Gasteiger partial charge >= 0.3 is 0 Å². The Labute approximate surface area is 185 Å². The van der Waals surface area contributed by atoms with Crippen LogP contribution in [-0.2, 0) is 0 Å². The molecule has 0 aliphatic carbocycles. The van der Waals surface area contributed by atoms with Gasteiger partial charge in [0.1, 0.15) is 18.1 Å². The summed E-state index contributed by atoms with van der Waals surface area (Å²) in [4.78, 5) is 0. The number of ether oxygens (including phenoxy) is 3. The van der Waals surface area contributed by atoms with E-state index in [0.717, 1.165) is 5.56 Å². The van der Waals surface area contributed by atoms with Crippen LogP contribution in [0.25, 0.3) is 22.3 Å². The minimum Gasteiger partial charge on any atom is -0.508 e. The normalized spacial score (nSPS) is 10.9. The molecule has 0 aliphatic rings. The van der Waals surface area contributed by atoms with Crippen LogP contribution in [0.2, 0.25) is 0 Å². The molecule has 0 radical (unpaired) electrons. The van der Waals surface area contributed by atoms with Gasteiger partial charge < -0.3 is 29.5 Å². The first-order valence-corrected chi connectivity index (χ1v) is 9.98. The molecule has 3 aromatic rings. The fourth-order valence-corrected chi connectivity index (χ4v) is 3.32. The van der Waals surface area contributed by atoms with Crippen LogP contribution in [0.15, 0.2) is 60.7 Å². The predicted octanol–water partition coefficient (Wildman–Crippen LogP) is 5.33. The Morgan fingerprint density at radius 3 is 2.16 bits per heavy atom. The van der Waals surface area contributed by atoms with E-state index in [0.29, 0.717) is 34.1 Å². The monoisotopic (exact) mass is 442 g/mol. The molecule has 7 heteroatoms. The molecule has 3 rings (SSSR count). The minimum atomic E-state index is -0.136. The Kier molecular flexibility index (Phi) is 7.15. The SMILES string of the molecule is COc1cc(-c2ccc(O)cc2)c(OC)c(O)c1-c1ccc(OC/C=C\CCl)c(O)c1. The topological polar surface area (TPSA) is 88.4 Å². The van der Waals surface area contributed by atoms with E-state index in [1.807, 2.05) is 0 Å². The maximum atomic E-state index is 11.0. The molecule has 0 amide bonds. The summed E-state index contributed by atoms with van der Waals surface area (Å²) in [5, 5.41) is 31.0. The zero-order chi connectivity index (χ0) is 22.4. The Bertz CT molecular complexity index is 1080. The van der Waals surface area contributed by atoms with Crippen LogP contribution in [0.1, 0.15) is 0 Å². The summed E-state index contributed by atoms with van der Waals surface area (Å²) in [5.41, 5.74) is 2.21. The fraction of sp³-hybridized carbons (Fsp3) is 0.167. The molecule has 0 unspecified atom stereocenters. The second kappa shape index (κ2) is 10.00. The van der Waals surface area contributed by atoms with Gasteiger partial charge in [0.05, 0.1) is 19.8 Å². The molecule has 0 saturated heterocycles. The van der Waals surface area contributed by atoms with Crippen molar-refractivity contribution >= 4 is 11.6 Å². The van der Waals surface area contributed by atoms with E-state index < -0.39 is 0 Å². The lowest BCUT2D eigenvalue weighted by atomic mass is 9.96. The number of halogens is 1. The van der Waals surface area contributed by atoms with E-state index in [1.54, 1.807) is 54.6 Å². The lowest BCUT2D eigenvalue weighted by Gasteiger charge is -2.18. The second-order valence-corrected chi connectivity index (χ2v) is 6.86. The molecule has 0 spiro atoms. The molecule has 0 saturated carbocycles. The number of rotatable bonds is 8. The summed E-state index contributed by atoms with van der Waals surface area (Å²) in [7, 11) is 2.95. The third-order valence-electron chi connectivity index (χ3n) is 4.66. The number of phenols is 3. The van der Waals surface area contributed by atoms with Crippen LogP contribution < -0.4 is 14.2 Å². The fourth-order valence-electron chi connectivity index (χ4n) is 3.19. The Balaban J connectivity index is 2.06. The molecule has 0 heterocycles. The molecule has 162 valence electrons. The van der Waals surface area contributed by atoms with Gasteiger partial charge in [-0.2, -0.15) is 0 Å². The van der Waals surface area contributed by atoms with E-state index in [1.165, 1.54) is 20.3 Å². The number of alkyl halides is 1. The average molecular weight is 443 g/mol. The zero-order valence-corrected chi connectivity index (χ0v) is 17.9. The van der Waals surface area contributed by atoms with Crippen molar-refractivity contribution in [1.82, 2.24) is 0 Å². The number of phenolic OH excluding ortho intramolecular Hbond substituents is 3. The van der Waals surface area contributed by atoms with Gasteiger partial charge in [0, 0.05) is 11.4 Å². The summed E-state index contributed by atoms with van der Waals surface area (Å²) >= 11 is 5.58. The van der Waals surface area contributed by atoms with Crippen LogP contribution in [-0.4, -0.2) is 42.0 Å². The van der Waals surface area contributed by atoms with Crippen molar-refractivity contribution in [3.8, 4) is 56.8 Å². The highest BCUT2D eigenvalue weighted by Crippen LogP contribution is 2.50. The molecule has 3 aromatic carbocycles. The molecule has 31 heavy (non-hydrogen) atoms. The van der Waals surface area contributed by atoms with Crippen molar-refractivity contribution < 1.29 is 29.5 Å². The lowest BCUT2D eigenvalue weighted by Crippen LogP contribution is -1.97. The number of hydrogen-bond donors (Lipinski definition) is 3. The molecular formula is C24H23ClO6. The Morgan fingerprint density at radius 2 is 1.55 bits per heavy atom. The van der Waals surface area contributed by atoms with Crippen molar-refractivity contribution in [2.24, 2.45) is 0 Å². The van der Waals surface area contributed by atoms with Crippen molar-refractivity contribution in [2.75, 3.05) is 26.7 Å². The predicted molar refractivity (Wildman–Crippen MR) is 121 cm³/mol. The number of aromatic hydroxyl groups is 3. The number of methoxy groups -OCH3 is 2. The maximum Gasteiger partial charge on any atom is 0.170 e. The van der Waals surface area contributed by atoms with E-state index in [-0.39, 0.29) is 29.6 Å². The van der Waals surface area contributed by atoms with Gasteiger partial charge in [-0.05, 0) is 41.5 Å². The Hall–Kier alpha value is -3.51. The highest BCUT2D eigenvalue weighted by molar-refractivity contribution is 6.18. The smallest absolute Gasteiger partial charge is 0.170 e. The quantitative estimate of drug-likeness (QED) is 0.323. The summed E-state index contributed by atoms with van der Waals surface area (Å²) in [5.74, 6) is 1.23. The van der Waals surface area contributed by atoms with Crippen molar-refractivity contribution in [1.29, 1.82) is 0 Å². The van der Waals surface area contributed by atoms with Crippen LogP contribution in [0.4, 0.5) is 0 Å². The summed E-state index contributed by atoms with van der Waals surface area (Å²) in [6.45, 7) is 0.267. The van der Waals surface area contributed by atoms with Gasteiger partial charge in [0.15, 0.2) is 23.0 Å². The first-order valence-electron chi connectivity index (χ1n) is 9.44. The average Bonchev–Trinajstić information content (AvgIpc) is 2.77. The van der Waals surface area contributed by atoms with Crippen LogP contribution in [0, 0.1) is 0 Å². The first kappa shape index (κ1) is 22.2. The largest absolute Gasteiger partial charge is 0.508 e. The summed E-state index contributed by atoms with van der Waals surface area (Å²) < 4.78 is 16.5. The van der Waals surface area contributed by atoms with Crippen LogP contribution >= 0.6 is 11.6 Å². The van der Waals surface area contributed by atoms with E-state index in [4.69, 9.17) is 25.8 Å². The van der Waals surface area contributed by atoms with Crippen LogP contribution in [0.3, 0.4) is 0 Å². The number of hydrogen-bond acceptors (Lipinski definition) is 6. The van der Waals surface area contributed by atoms with E-state index >= 15 is 0 Å². The molecule has 0 aromatic heterocycles. The molecule has 0 aliphatic heterocycles. The molecule has 0 bridgehead atoms. The van der Waals surface area contributed by atoms with Crippen molar-refractivity contribution in [3.63, 3.8) is 0 Å². The van der Waals surface area contributed by atoms with Gasteiger partial charge in [-0.1, -0.05) is 30.4 Å². The molecule has 6 nitrogen and oxygen atoms in total. The van der Waals surface area contributed by atoms with Crippen molar-refractivity contribution in [2.45, 2.75) is 0 Å². The molecule has 0 atom stereocenters. The summed E-state index contributed by atoms with van der Waals surface area (Å²) in [6, 6.07) is 13.0. The molecule has 0 fully saturated rings. The zero-order valence-electron chi connectivity index (χ0n) is 17.1. The highest BCUT2D eigenvalue weighted by Gasteiger charge is 2.22. The highest BCUT2D eigenvalue weighted by atomic mass is 35.5. The van der Waals surface area contributed by atoms with Gasteiger partial charge in [0.25, 0.3) is 0 Å². The van der Waals surface area contributed by atoms with Gasteiger partial charge in [-0.3, -0.25) is 0 Å². The van der Waals surface area contributed by atoms with Gasteiger partial charge in [-0.15, -0.1) is 11.6 Å². The summed E-state index contributed by atoms with van der Waals surface area (Å²) in [6.07, 6.45) is 3.50. The molecular weight excluding hydrogens is 420 g/mol. The first-order chi connectivity index (χ1) is 15.0. The maximum absolute atomic E-state index is 11.0. The second-order valence-electron chi connectivity index (χ2n) is 6.55. The van der Waals surface area contributed by atoms with E-state index in [2.05, 4.69) is 0 Å². The Morgan fingerprint density at radius 1 is 0.839 bits per heavy atom. The third kappa shape index (κ3) is 4.81. The minimum absolute atomic E-state index is 0.0835. The van der Waals surface area contributed by atoms with Gasteiger partial charge in [-0.25, -0.2) is 0 Å².